The van der Waals surface area contributed by atoms with E-state index in [1.165, 1.54) is 36.8 Å². The molecule has 21 heavy (non-hydrogen) atoms. The summed E-state index contributed by atoms with van der Waals surface area (Å²) in [7, 11) is 0. The summed E-state index contributed by atoms with van der Waals surface area (Å²) in [6, 6.07) is 5.08. The Morgan fingerprint density at radius 3 is 2.86 bits per heavy atom. The first-order valence-corrected chi connectivity index (χ1v) is 9.47. The zero-order chi connectivity index (χ0) is 15.1. The van der Waals surface area contributed by atoms with Gasteiger partial charge in [-0.25, -0.2) is 4.39 Å². The second-order valence-electron chi connectivity index (χ2n) is 5.88. The molecule has 0 spiro atoms. The summed E-state index contributed by atoms with van der Waals surface area (Å²) < 4.78 is 13.4. The molecule has 1 nitrogen and oxygen atoms in total. The summed E-state index contributed by atoms with van der Waals surface area (Å²) in [4.78, 5) is 0. The Hall–Kier alpha value is -0.250. The maximum Gasteiger partial charge on any atom is 0.123 e. The van der Waals surface area contributed by atoms with Crippen LogP contribution in [0.3, 0.4) is 0 Å². The number of benzene rings is 1. The van der Waals surface area contributed by atoms with Crippen molar-refractivity contribution in [2.24, 2.45) is 5.92 Å². The number of hydrogen-bond donors (Lipinski definition) is 1. The van der Waals surface area contributed by atoms with Gasteiger partial charge in [0.15, 0.2) is 0 Å². The molecule has 0 aliphatic carbocycles. The normalized spacial score (nSPS) is 17.9. The highest BCUT2D eigenvalue weighted by atomic mass is 35.5. The fourth-order valence-corrected chi connectivity index (χ4v) is 4.34. The molecule has 0 amide bonds. The smallest absolute Gasteiger partial charge is 0.123 e. The van der Waals surface area contributed by atoms with E-state index in [1.807, 2.05) is 0 Å². The first kappa shape index (κ1) is 17.1. The molecular formula is C17H25ClFNS. The summed E-state index contributed by atoms with van der Waals surface area (Å²) >= 11 is 8.28. The topological polar surface area (TPSA) is 12.0 Å². The third-order valence-electron chi connectivity index (χ3n) is 4.12. The van der Waals surface area contributed by atoms with E-state index >= 15 is 0 Å². The van der Waals surface area contributed by atoms with Gasteiger partial charge in [-0.1, -0.05) is 18.5 Å². The van der Waals surface area contributed by atoms with Crippen molar-refractivity contribution in [3.05, 3.63) is 34.6 Å². The van der Waals surface area contributed by atoms with Gasteiger partial charge in [-0.3, -0.25) is 0 Å². The van der Waals surface area contributed by atoms with Gasteiger partial charge in [-0.05, 0) is 79.8 Å². The lowest BCUT2D eigenvalue weighted by atomic mass is 9.91. The largest absolute Gasteiger partial charge is 0.314 e. The zero-order valence-corrected chi connectivity index (χ0v) is 14.3. The van der Waals surface area contributed by atoms with Gasteiger partial charge in [0.05, 0.1) is 0 Å². The van der Waals surface area contributed by atoms with Crippen LogP contribution in [-0.2, 0) is 6.42 Å². The molecule has 1 aliphatic heterocycles. The zero-order valence-electron chi connectivity index (χ0n) is 12.7. The summed E-state index contributed by atoms with van der Waals surface area (Å²) in [6.07, 6.45) is 5.74. The summed E-state index contributed by atoms with van der Waals surface area (Å²) in [5.74, 6) is 3.17. The van der Waals surface area contributed by atoms with Crippen molar-refractivity contribution in [3.8, 4) is 0 Å². The van der Waals surface area contributed by atoms with Crippen molar-refractivity contribution in [3.63, 3.8) is 0 Å². The highest BCUT2D eigenvalue weighted by Gasteiger charge is 2.20. The van der Waals surface area contributed by atoms with E-state index in [0.29, 0.717) is 11.1 Å². The minimum Gasteiger partial charge on any atom is -0.314 e. The second kappa shape index (κ2) is 9.02. The van der Waals surface area contributed by atoms with E-state index in [-0.39, 0.29) is 5.82 Å². The molecule has 1 aromatic rings. The monoisotopic (exact) mass is 329 g/mol. The molecular weight excluding hydrogens is 305 g/mol. The number of thioether (sulfide) groups is 1. The predicted octanol–water partition coefficient (Wildman–Crippen LogP) is 4.92. The van der Waals surface area contributed by atoms with Gasteiger partial charge in [0.25, 0.3) is 0 Å². The van der Waals surface area contributed by atoms with Crippen molar-refractivity contribution in [1.82, 2.24) is 5.32 Å². The Balaban J connectivity index is 1.98. The Morgan fingerprint density at radius 2 is 2.14 bits per heavy atom. The standard InChI is InChI=1S/C17H25ClFNS/c1-2-7-20-16(10-13-5-8-21-9-6-13)12-14-11-15(19)3-4-17(14)18/h3-4,11,13,16,20H,2,5-10,12H2,1H3. The Labute approximate surface area is 137 Å². The molecule has 4 heteroatoms. The summed E-state index contributed by atoms with van der Waals surface area (Å²) in [5.41, 5.74) is 0.926. The minimum atomic E-state index is -0.197. The first-order valence-electron chi connectivity index (χ1n) is 7.94. The van der Waals surface area contributed by atoms with Gasteiger partial charge in [0, 0.05) is 11.1 Å². The Morgan fingerprint density at radius 1 is 1.38 bits per heavy atom. The number of halogens is 2. The second-order valence-corrected chi connectivity index (χ2v) is 7.51. The van der Waals surface area contributed by atoms with Gasteiger partial charge in [-0.2, -0.15) is 11.8 Å². The van der Waals surface area contributed by atoms with Gasteiger partial charge in [-0.15, -0.1) is 0 Å². The van der Waals surface area contributed by atoms with Crippen molar-refractivity contribution < 1.29 is 4.39 Å². The average molecular weight is 330 g/mol. The Kier molecular flexibility index (Phi) is 7.35. The quantitative estimate of drug-likeness (QED) is 0.761. The molecule has 1 atom stereocenters. The molecule has 1 saturated heterocycles. The van der Waals surface area contributed by atoms with E-state index in [4.69, 9.17) is 11.6 Å². The van der Waals surface area contributed by atoms with Gasteiger partial charge < -0.3 is 5.32 Å². The molecule has 2 rings (SSSR count). The first-order chi connectivity index (χ1) is 10.2. The van der Waals surface area contributed by atoms with Crippen LogP contribution in [0.2, 0.25) is 5.02 Å². The van der Waals surface area contributed by atoms with Crippen LogP contribution in [0, 0.1) is 11.7 Å². The third kappa shape index (κ3) is 5.80. The fraction of sp³-hybridized carbons (Fsp3) is 0.647. The highest BCUT2D eigenvalue weighted by molar-refractivity contribution is 7.99. The van der Waals surface area contributed by atoms with E-state index < -0.39 is 0 Å². The minimum absolute atomic E-state index is 0.197. The van der Waals surface area contributed by atoms with Crippen molar-refractivity contribution in [2.45, 2.75) is 45.1 Å². The van der Waals surface area contributed by atoms with Crippen LogP contribution in [0.25, 0.3) is 0 Å². The Bertz CT molecular complexity index is 435. The lowest BCUT2D eigenvalue weighted by molar-refractivity contribution is 0.362. The maximum absolute atomic E-state index is 13.4. The van der Waals surface area contributed by atoms with Crippen molar-refractivity contribution >= 4 is 23.4 Å². The van der Waals surface area contributed by atoms with Gasteiger partial charge in [0.1, 0.15) is 5.82 Å². The van der Waals surface area contributed by atoms with Crippen LogP contribution < -0.4 is 5.32 Å². The highest BCUT2D eigenvalue weighted by Crippen LogP contribution is 2.28. The number of nitrogens with one attached hydrogen (secondary N) is 1. The number of rotatable bonds is 7. The third-order valence-corrected chi connectivity index (χ3v) is 5.53. The van der Waals surface area contributed by atoms with Crippen LogP contribution in [0.1, 0.15) is 38.2 Å². The molecule has 1 unspecified atom stereocenters. The summed E-state index contributed by atoms with van der Waals surface area (Å²) in [5, 5.41) is 4.30. The van der Waals surface area contributed by atoms with E-state index in [9.17, 15) is 4.39 Å². The van der Waals surface area contributed by atoms with Crippen LogP contribution in [-0.4, -0.2) is 24.1 Å². The maximum atomic E-state index is 13.4. The molecule has 0 saturated carbocycles. The molecule has 0 aromatic heterocycles. The molecule has 1 fully saturated rings. The van der Waals surface area contributed by atoms with Crippen LogP contribution in [0.4, 0.5) is 4.39 Å². The van der Waals surface area contributed by atoms with Crippen LogP contribution >= 0.6 is 23.4 Å². The molecule has 118 valence electrons. The van der Waals surface area contributed by atoms with E-state index in [2.05, 4.69) is 24.0 Å². The average Bonchev–Trinajstić information content (AvgIpc) is 2.49. The van der Waals surface area contributed by atoms with Crippen molar-refractivity contribution in [2.75, 3.05) is 18.1 Å². The molecule has 1 aliphatic rings. The molecule has 1 N–H and O–H groups in total. The fourth-order valence-electron chi connectivity index (χ4n) is 2.94. The molecule has 1 aromatic carbocycles. The van der Waals surface area contributed by atoms with Crippen molar-refractivity contribution in [1.29, 1.82) is 0 Å². The van der Waals surface area contributed by atoms with Gasteiger partial charge in [0.2, 0.25) is 0 Å². The molecule has 1 heterocycles. The summed E-state index contributed by atoms with van der Waals surface area (Å²) in [6.45, 7) is 3.19. The van der Waals surface area contributed by atoms with Crippen LogP contribution in [0.5, 0.6) is 0 Å². The van der Waals surface area contributed by atoms with E-state index in [1.54, 1.807) is 12.1 Å². The van der Waals surface area contributed by atoms with Gasteiger partial charge >= 0.3 is 0 Å². The number of hydrogen-bond acceptors (Lipinski definition) is 2. The van der Waals surface area contributed by atoms with Crippen LogP contribution in [0.15, 0.2) is 18.2 Å². The lowest BCUT2D eigenvalue weighted by Crippen LogP contribution is -2.34. The molecule has 0 radical (unpaired) electrons. The van der Waals surface area contributed by atoms with E-state index in [0.717, 1.165) is 30.9 Å². The lowest BCUT2D eigenvalue weighted by Gasteiger charge is -2.27. The predicted molar refractivity (Wildman–Crippen MR) is 91.9 cm³/mol. The SMILES string of the molecule is CCCNC(Cc1cc(F)ccc1Cl)CC1CCSCC1. The molecule has 0 bridgehead atoms.